The van der Waals surface area contributed by atoms with Gasteiger partial charge in [0, 0.05) is 12.8 Å². The van der Waals surface area contributed by atoms with E-state index in [4.69, 9.17) is 14.2 Å². The van der Waals surface area contributed by atoms with Crippen LogP contribution in [0.4, 0.5) is 0 Å². The summed E-state index contributed by atoms with van der Waals surface area (Å²) in [6, 6.07) is 0. The van der Waals surface area contributed by atoms with Crippen molar-refractivity contribution in [3.8, 4) is 0 Å². The minimum atomic E-state index is -0.601. The molecule has 0 unspecified atom stereocenters. The molecule has 5 nitrogen and oxygen atoms in total. The van der Waals surface area contributed by atoms with Gasteiger partial charge in [0.15, 0.2) is 0 Å². The molecule has 2 aliphatic carbocycles. The first-order valence-electron chi connectivity index (χ1n) is 8.17. The second-order valence-electron chi connectivity index (χ2n) is 7.86. The number of hydrogen-bond donors (Lipinski definition) is 1. The smallest absolute Gasteiger partial charge is 0.305 e. The number of carbonyl (C=O) groups excluding carboxylic acids is 1. The van der Waals surface area contributed by atoms with Crippen LogP contribution in [0.15, 0.2) is 11.8 Å². The second kappa shape index (κ2) is 4.48. The van der Waals surface area contributed by atoms with Crippen LogP contribution in [0, 0.1) is 29.1 Å². The molecule has 2 aliphatic heterocycles. The maximum Gasteiger partial charge on any atom is 0.305 e. The molecule has 1 saturated heterocycles. The standard InChI is InChI=1S/C17H24O5/c1-9(19)22-15-14-12(10(6-18)7-20-15)13-11(16(13,2)3)4-5-17(14)8-21-17/h7,11-15,18H,4-6,8H2,1-3H3/t11-,12+,13-,14-,15+,17+/m0/s1. The van der Waals surface area contributed by atoms with Crippen molar-refractivity contribution in [2.24, 2.45) is 29.1 Å². The summed E-state index contributed by atoms with van der Waals surface area (Å²) in [5, 5.41) is 9.79. The largest absolute Gasteiger partial charge is 0.462 e. The Balaban J connectivity index is 1.74. The van der Waals surface area contributed by atoms with Crippen LogP contribution in [-0.2, 0) is 19.0 Å². The number of fused-ring (bicyclic) bond motifs is 4. The van der Waals surface area contributed by atoms with Gasteiger partial charge in [-0.3, -0.25) is 4.79 Å². The van der Waals surface area contributed by atoms with Crippen LogP contribution >= 0.6 is 0 Å². The third kappa shape index (κ3) is 1.88. The normalized spacial score (nSPS) is 47.5. The third-order valence-corrected chi connectivity index (χ3v) is 6.45. The maximum absolute atomic E-state index is 11.5. The van der Waals surface area contributed by atoms with Gasteiger partial charge in [0.1, 0.15) is 5.60 Å². The van der Waals surface area contributed by atoms with Gasteiger partial charge in [-0.15, -0.1) is 0 Å². The monoisotopic (exact) mass is 308 g/mol. The summed E-state index contributed by atoms with van der Waals surface area (Å²) >= 11 is 0. The quantitative estimate of drug-likeness (QED) is 0.623. The summed E-state index contributed by atoms with van der Waals surface area (Å²) in [6.07, 6.45) is 3.13. The highest BCUT2D eigenvalue weighted by Crippen LogP contribution is 2.71. The Morgan fingerprint density at radius 1 is 1.45 bits per heavy atom. The SMILES string of the molecule is CC(=O)O[C@H]1OC=C(CO)[C@@H]2[C@@H]3[C@H](CC[C@@]4(CO4)[C@H]12)C3(C)C. The van der Waals surface area contributed by atoms with Gasteiger partial charge >= 0.3 is 5.97 Å². The molecule has 0 aromatic heterocycles. The average molecular weight is 308 g/mol. The summed E-state index contributed by atoms with van der Waals surface area (Å²) < 4.78 is 17.0. The van der Waals surface area contributed by atoms with Crippen LogP contribution in [0.3, 0.4) is 0 Å². The molecule has 4 aliphatic rings. The first-order chi connectivity index (χ1) is 10.4. The highest BCUT2D eigenvalue weighted by molar-refractivity contribution is 5.66. The lowest BCUT2D eigenvalue weighted by molar-refractivity contribution is -0.192. The third-order valence-electron chi connectivity index (χ3n) is 6.45. The van der Waals surface area contributed by atoms with Crippen molar-refractivity contribution < 1.29 is 24.1 Å². The van der Waals surface area contributed by atoms with Crippen LogP contribution in [-0.4, -0.2) is 36.2 Å². The molecule has 5 heteroatoms. The summed E-state index contributed by atoms with van der Waals surface area (Å²) in [6.45, 7) is 6.70. The van der Waals surface area contributed by atoms with Crippen LogP contribution in [0.1, 0.15) is 33.6 Å². The number of aliphatic hydroxyl groups excluding tert-OH is 1. The zero-order valence-electron chi connectivity index (χ0n) is 13.4. The van der Waals surface area contributed by atoms with Crippen molar-refractivity contribution in [2.45, 2.75) is 45.5 Å². The molecule has 4 rings (SSSR count). The predicted molar refractivity (Wildman–Crippen MR) is 77.5 cm³/mol. The van der Waals surface area contributed by atoms with Gasteiger partial charge in [0.2, 0.25) is 6.29 Å². The molecular weight excluding hydrogens is 284 g/mol. The minimum Gasteiger partial charge on any atom is -0.462 e. The molecule has 6 atom stereocenters. The van der Waals surface area contributed by atoms with E-state index < -0.39 is 6.29 Å². The summed E-state index contributed by atoms with van der Waals surface area (Å²) in [7, 11) is 0. The van der Waals surface area contributed by atoms with E-state index >= 15 is 0 Å². The maximum atomic E-state index is 11.5. The second-order valence-corrected chi connectivity index (χ2v) is 7.86. The minimum absolute atomic E-state index is 0.0106. The summed E-state index contributed by atoms with van der Waals surface area (Å²) in [5.41, 5.74) is 0.958. The summed E-state index contributed by atoms with van der Waals surface area (Å²) in [5.74, 6) is 0.973. The number of carbonyl (C=O) groups is 1. The van der Waals surface area contributed by atoms with Gasteiger partial charge < -0.3 is 19.3 Å². The first kappa shape index (κ1) is 14.5. The number of hydrogen-bond acceptors (Lipinski definition) is 5. The van der Waals surface area contributed by atoms with Gasteiger partial charge in [0.05, 0.1) is 25.4 Å². The topological polar surface area (TPSA) is 68.3 Å². The zero-order valence-corrected chi connectivity index (χ0v) is 13.4. The van der Waals surface area contributed by atoms with Crippen molar-refractivity contribution >= 4 is 5.97 Å². The molecule has 0 radical (unpaired) electrons. The highest BCUT2D eigenvalue weighted by Gasteiger charge is 2.72. The predicted octanol–water partition coefficient (Wildman–Crippen LogP) is 1.85. The van der Waals surface area contributed by atoms with E-state index in [9.17, 15) is 9.90 Å². The molecule has 0 bridgehead atoms. The molecule has 0 amide bonds. The van der Waals surface area contributed by atoms with Crippen molar-refractivity contribution in [1.82, 2.24) is 0 Å². The van der Waals surface area contributed by atoms with E-state index in [1.165, 1.54) is 6.92 Å². The number of aliphatic hydroxyl groups is 1. The zero-order chi connectivity index (χ0) is 15.7. The molecule has 2 saturated carbocycles. The van der Waals surface area contributed by atoms with Crippen molar-refractivity contribution in [1.29, 1.82) is 0 Å². The molecule has 1 spiro atoms. The number of rotatable bonds is 2. The van der Waals surface area contributed by atoms with Crippen LogP contribution < -0.4 is 0 Å². The molecule has 122 valence electrons. The van der Waals surface area contributed by atoms with Crippen LogP contribution in [0.25, 0.3) is 0 Å². The number of esters is 1. The fraction of sp³-hybridized carbons (Fsp3) is 0.824. The average Bonchev–Trinajstić information content (AvgIpc) is 3.33. The Labute approximate surface area is 130 Å². The van der Waals surface area contributed by atoms with Gasteiger partial charge in [-0.05, 0) is 35.7 Å². The van der Waals surface area contributed by atoms with E-state index in [-0.39, 0.29) is 35.4 Å². The van der Waals surface area contributed by atoms with Gasteiger partial charge in [-0.25, -0.2) is 0 Å². The molecule has 0 aromatic rings. The molecule has 22 heavy (non-hydrogen) atoms. The van der Waals surface area contributed by atoms with Crippen molar-refractivity contribution in [3.05, 3.63) is 11.8 Å². The van der Waals surface area contributed by atoms with Crippen molar-refractivity contribution in [3.63, 3.8) is 0 Å². The molecule has 0 aromatic carbocycles. The van der Waals surface area contributed by atoms with E-state index in [1.54, 1.807) is 6.26 Å². The van der Waals surface area contributed by atoms with Gasteiger partial charge in [0.25, 0.3) is 0 Å². The van der Waals surface area contributed by atoms with E-state index in [2.05, 4.69) is 13.8 Å². The molecule has 3 fully saturated rings. The van der Waals surface area contributed by atoms with Gasteiger partial charge in [-0.2, -0.15) is 0 Å². The lowest BCUT2D eigenvalue weighted by Crippen LogP contribution is -2.47. The van der Waals surface area contributed by atoms with E-state index in [1.807, 2.05) is 0 Å². The highest BCUT2D eigenvalue weighted by atomic mass is 16.7. The molecular formula is C17H24O5. The number of ether oxygens (including phenoxy) is 3. The van der Waals surface area contributed by atoms with Gasteiger partial charge in [-0.1, -0.05) is 13.8 Å². The summed E-state index contributed by atoms with van der Waals surface area (Å²) in [4.78, 5) is 11.5. The lowest BCUT2D eigenvalue weighted by atomic mass is 9.72. The van der Waals surface area contributed by atoms with E-state index in [0.717, 1.165) is 18.4 Å². The Morgan fingerprint density at radius 3 is 2.77 bits per heavy atom. The molecule has 2 heterocycles. The van der Waals surface area contributed by atoms with Crippen molar-refractivity contribution in [2.75, 3.05) is 13.2 Å². The van der Waals surface area contributed by atoms with E-state index in [0.29, 0.717) is 18.4 Å². The Hall–Kier alpha value is -1.07. The Kier molecular flexibility index (Phi) is 2.96. The number of epoxide rings is 1. The van der Waals surface area contributed by atoms with Crippen LogP contribution in [0.2, 0.25) is 0 Å². The molecule has 1 N–H and O–H groups in total. The first-order valence-corrected chi connectivity index (χ1v) is 8.17. The fourth-order valence-corrected chi connectivity index (χ4v) is 5.20. The Bertz CT molecular complexity index is 533. The Morgan fingerprint density at radius 2 is 2.18 bits per heavy atom. The fourth-order valence-electron chi connectivity index (χ4n) is 5.20. The van der Waals surface area contributed by atoms with Crippen LogP contribution in [0.5, 0.6) is 0 Å². The lowest BCUT2D eigenvalue weighted by Gasteiger charge is -2.40.